The fourth-order valence-electron chi connectivity index (χ4n) is 2.75. The van der Waals surface area contributed by atoms with Crippen LogP contribution in [0.25, 0.3) is 5.69 Å². The fraction of sp³-hybridized carbons (Fsp3) is 0.250. The molecule has 0 fully saturated rings. The zero-order valence-corrected chi connectivity index (χ0v) is 15.3. The van der Waals surface area contributed by atoms with E-state index in [1.54, 1.807) is 18.1 Å². The van der Waals surface area contributed by atoms with Crippen molar-refractivity contribution in [2.24, 2.45) is 4.99 Å². The van der Waals surface area contributed by atoms with Gasteiger partial charge in [-0.3, -0.25) is 4.99 Å². The first kappa shape index (κ1) is 18.6. The van der Waals surface area contributed by atoms with Crippen molar-refractivity contribution in [3.05, 3.63) is 78.4 Å². The summed E-state index contributed by atoms with van der Waals surface area (Å²) >= 11 is 0. The first-order valence-corrected chi connectivity index (χ1v) is 8.84. The number of guanidine groups is 1. The number of nitrogens with one attached hydrogen (secondary N) is 2. The molecule has 1 aromatic heterocycles. The Morgan fingerprint density at radius 2 is 1.89 bits per heavy atom. The second-order valence-corrected chi connectivity index (χ2v) is 6.10. The van der Waals surface area contributed by atoms with Crippen LogP contribution in [-0.2, 0) is 6.54 Å². The maximum Gasteiger partial charge on any atom is 0.191 e. The lowest BCUT2D eigenvalue weighted by Gasteiger charge is -2.18. The molecule has 0 amide bonds. The van der Waals surface area contributed by atoms with Crippen LogP contribution in [0.2, 0.25) is 0 Å². The molecule has 27 heavy (non-hydrogen) atoms. The molecule has 0 aliphatic carbocycles. The van der Waals surface area contributed by atoms with Gasteiger partial charge in [0.1, 0.15) is 12.7 Å². The van der Waals surface area contributed by atoms with Gasteiger partial charge in [0.2, 0.25) is 0 Å². The van der Waals surface area contributed by atoms with Crippen LogP contribution in [0.5, 0.6) is 0 Å². The molecule has 1 unspecified atom stereocenters. The summed E-state index contributed by atoms with van der Waals surface area (Å²) in [6, 6.07) is 18.1. The van der Waals surface area contributed by atoms with Gasteiger partial charge in [0.15, 0.2) is 5.96 Å². The van der Waals surface area contributed by atoms with Crippen LogP contribution in [0.3, 0.4) is 0 Å². The number of hydrogen-bond donors (Lipinski definition) is 3. The quantitative estimate of drug-likeness (QED) is 0.439. The molecule has 0 radical (unpaired) electrons. The first-order valence-electron chi connectivity index (χ1n) is 8.84. The van der Waals surface area contributed by atoms with E-state index in [1.165, 1.54) is 6.33 Å². The summed E-state index contributed by atoms with van der Waals surface area (Å²) in [7, 11) is 1.74. The highest BCUT2D eigenvalue weighted by Crippen LogP contribution is 2.13. The SMILES string of the molecule is CN=C(NCc1ccc(-n2cncn2)cc1)NCC(CO)c1ccccc1. The molecule has 0 saturated heterocycles. The molecule has 3 aromatic rings. The highest BCUT2D eigenvalue weighted by molar-refractivity contribution is 5.79. The largest absolute Gasteiger partial charge is 0.396 e. The van der Waals surface area contributed by atoms with Gasteiger partial charge in [0, 0.05) is 26.1 Å². The molecule has 0 aliphatic rings. The van der Waals surface area contributed by atoms with Crippen LogP contribution >= 0.6 is 0 Å². The van der Waals surface area contributed by atoms with Crippen LogP contribution in [-0.4, -0.2) is 46.0 Å². The summed E-state index contributed by atoms with van der Waals surface area (Å²) in [6.07, 6.45) is 3.18. The number of rotatable bonds is 7. The number of aromatic nitrogens is 3. The van der Waals surface area contributed by atoms with E-state index in [4.69, 9.17) is 0 Å². The van der Waals surface area contributed by atoms with Gasteiger partial charge in [-0.15, -0.1) is 0 Å². The molecule has 0 saturated carbocycles. The van der Waals surface area contributed by atoms with Crippen molar-refractivity contribution in [1.29, 1.82) is 0 Å². The molecule has 2 aromatic carbocycles. The highest BCUT2D eigenvalue weighted by atomic mass is 16.3. The van der Waals surface area contributed by atoms with Crippen molar-refractivity contribution in [2.75, 3.05) is 20.2 Å². The molecule has 3 N–H and O–H groups in total. The fourth-order valence-corrected chi connectivity index (χ4v) is 2.75. The lowest BCUT2D eigenvalue weighted by atomic mass is 10.0. The maximum absolute atomic E-state index is 9.67. The Balaban J connectivity index is 1.51. The Bertz CT molecular complexity index is 831. The number of nitrogens with zero attached hydrogens (tertiary/aromatic N) is 4. The van der Waals surface area contributed by atoms with Crippen molar-refractivity contribution in [2.45, 2.75) is 12.5 Å². The van der Waals surface area contributed by atoms with Crippen LogP contribution in [0.15, 0.2) is 72.2 Å². The van der Waals surface area contributed by atoms with Crippen molar-refractivity contribution < 1.29 is 5.11 Å². The zero-order chi connectivity index (χ0) is 18.9. The lowest BCUT2D eigenvalue weighted by molar-refractivity contribution is 0.265. The van der Waals surface area contributed by atoms with Gasteiger partial charge in [0.25, 0.3) is 0 Å². The summed E-state index contributed by atoms with van der Waals surface area (Å²) in [5.41, 5.74) is 3.20. The molecule has 3 rings (SSSR count). The van der Waals surface area contributed by atoms with E-state index in [-0.39, 0.29) is 12.5 Å². The van der Waals surface area contributed by atoms with E-state index >= 15 is 0 Å². The van der Waals surface area contributed by atoms with Gasteiger partial charge in [-0.1, -0.05) is 42.5 Å². The molecule has 140 valence electrons. The van der Waals surface area contributed by atoms with Gasteiger partial charge in [0.05, 0.1) is 12.3 Å². The van der Waals surface area contributed by atoms with Crippen LogP contribution in [0, 0.1) is 0 Å². The maximum atomic E-state index is 9.67. The van der Waals surface area contributed by atoms with E-state index in [9.17, 15) is 5.11 Å². The third-order valence-electron chi connectivity index (χ3n) is 4.31. The average molecular weight is 364 g/mol. The molecule has 0 spiro atoms. The molecular weight excluding hydrogens is 340 g/mol. The molecule has 0 bridgehead atoms. The summed E-state index contributed by atoms with van der Waals surface area (Å²) in [5.74, 6) is 0.719. The van der Waals surface area contributed by atoms with Crippen LogP contribution in [0.1, 0.15) is 17.0 Å². The van der Waals surface area contributed by atoms with E-state index in [2.05, 4.69) is 25.7 Å². The summed E-state index contributed by atoms with van der Waals surface area (Å²) < 4.78 is 1.72. The molecule has 0 aliphatic heterocycles. The number of benzene rings is 2. The van der Waals surface area contributed by atoms with E-state index in [0.717, 1.165) is 16.8 Å². The predicted octanol–water partition coefficient (Wildman–Crippen LogP) is 1.71. The van der Waals surface area contributed by atoms with Gasteiger partial charge in [-0.05, 0) is 23.3 Å². The van der Waals surface area contributed by atoms with Gasteiger partial charge < -0.3 is 15.7 Å². The Labute approximate surface area is 158 Å². The average Bonchev–Trinajstić information content (AvgIpc) is 3.27. The standard InChI is InChI=1S/C20H24N6O/c1-21-20(24-12-18(13-27)17-5-3-2-4-6-17)23-11-16-7-9-19(10-8-16)26-15-22-14-25-26/h2-10,14-15,18,27H,11-13H2,1H3,(H2,21,23,24). The number of aliphatic imine (C=N–C) groups is 1. The van der Waals surface area contributed by atoms with Crippen molar-refractivity contribution in [3.63, 3.8) is 0 Å². The minimum Gasteiger partial charge on any atom is -0.396 e. The van der Waals surface area contributed by atoms with Gasteiger partial charge >= 0.3 is 0 Å². The zero-order valence-electron chi connectivity index (χ0n) is 15.3. The van der Waals surface area contributed by atoms with Crippen LogP contribution < -0.4 is 10.6 Å². The molecule has 7 nitrogen and oxygen atoms in total. The second-order valence-electron chi connectivity index (χ2n) is 6.10. The van der Waals surface area contributed by atoms with E-state index < -0.39 is 0 Å². The monoisotopic (exact) mass is 364 g/mol. The van der Waals surface area contributed by atoms with Crippen molar-refractivity contribution in [1.82, 2.24) is 25.4 Å². The summed E-state index contributed by atoms with van der Waals surface area (Å²) in [6.45, 7) is 1.33. The smallest absolute Gasteiger partial charge is 0.191 e. The second kappa shape index (κ2) is 9.49. The Kier molecular flexibility index (Phi) is 6.54. The molecule has 7 heteroatoms. The molecule has 1 atom stereocenters. The molecular formula is C20H24N6O. The number of hydrogen-bond acceptors (Lipinski definition) is 4. The Morgan fingerprint density at radius 1 is 1.11 bits per heavy atom. The minimum atomic E-state index is 0.0201. The van der Waals surface area contributed by atoms with E-state index in [0.29, 0.717) is 19.0 Å². The Hall–Kier alpha value is -3.19. The normalized spacial score (nSPS) is 12.6. The summed E-state index contributed by atoms with van der Waals surface area (Å²) in [4.78, 5) is 8.20. The van der Waals surface area contributed by atoms with Crippen molar-refractivity contribution in [3.8, 4) is 5.69 Å². The predicted molar refractivity (Wildman–Crippen MR) is 106 cm³/mol. The minimum absolute atomic E-state index is 0.0201. The highest BCUT2D eigenvalue weighted by Gasteiger charge is 2.10. The molecule has 1 heterocycles. The first-order chi connectivity index (χ1) is 13.3. The third-order valence-corrected chi connectivity index (χ3v) is 4.31. The topological polar surface area (TPSA) is 87.4 Å². The van der Waals surface area contributed by atoms with Crippen molar-refractivity contribution >= 4 is 5.96 Å². The van der Waals surface area contributed by atoms with Gasteiger partial charge in [-0.2, -0.15) is 5.10 Å². The Morgan fingerprint density at radius 3 is 2.52 bits per heavy atom. The number of aliphatic hydroxyl groups is 1. The van der Waals surface area contributed by atoms with E-state index in [1.807, 2.05) is 54.6 Å². The third kappa shape index (κ3) is 5.15. The van der Waals surface area contributed by atoms with Gasteiger partial charge in [-0.25, -0.2) is 9.67 Å². The lowest BCUT2D eigenvalue weighted by Crippen LogP contribution is -2.39. The number of aliphatic hydroxyl groups excluding tert-OH is 1. The van der Waals surface area contributed by atoms with Crippen LogP contribution in [0.4, 0.5) is 0 Å². The summed E-state index contributed by atoms with van der Waals surface area (Å²) in [5, 5.41) is 20.4.